The summed E-state index contributed by atoms with van der Waals surface area (Å²) < 4.78 is 5.55. The maximum atomic E-state index is 11.8. The summed E-state index contributed by atoms with van der Waals surface area (Å²) >= 11 is 0. The number of carbonyl (C=O) groups is 1. The number of nitrogens with two attached hydrogens (primary N) is 1. The normalized spacial score (nSPS) is 13.0. The molecule has 0 spiro atoms. The maximum absolute atomic E-state index is 11.8. The first-order valence-corrected chi connectivity index (χ1v) is 7.06. The van der Waals surface area contributed by atoms with Crippen molar-refractivity contribution in [2.24, 2.45) is 11.1 Å². The first-order chi connectivity index (χ1) is 9.41. The summed E-state index contributed by atoms with van der Waals surface area (Å²) in [6, 6.07) is 9.55. The fourth-order valence-corrected chi connectivity index (χ4v) is 1.65. The molecule has 0 bridgehead atoms. The van der Waals surface area contributed by atoms with Crippen molar-refractivity contribution in [1.82, 2.24) is 5.32 Å². The summed E-state index contributed by atoms with van der Waals surface area (Å²) in [6.45, 7) is 7.70. The van der Waals surface area contributed by atoms with Crippen LogP contribution in [-0.4, -0.2) is 25.1 Å². The molecule has 4 nitrogen and oxygen atoms in total. The van der Waals surface area contributed by atoms with Crippen molar-refractivity contribution >= 4 is 5.91 Å². The molecule has 112 valence electrons. The van der Waals surface area contributed by atoms with Gasteiger partial charge in [0.1, 0.15) is 0 Å². The van der Waals surface area contributed by atoms with Crippen LogP contribution in [-0.2, 0) is 16.1 Å². The van der Waals surface area contributed by atoms with E-state index in [1.165, 1.54) is 0 Å². The summed E-state index contributed by atoms with van der Waals surface area (Å²) in [5.74, 6) is -0.0967. The molecule has 0 radical (unpaired) electrons. The summed E-state index contributed by atoms with van der Waals surface area (Å²) in [4.78, 5) is 11.8. The molecule has 0 aliphatic carbocycles. The highest BCUT2D eigenvalue weighted by molar-refractivity contribution is 5.82. The molecule has 0 unspecified atom stereocenters. The standard InChI is InChI=1S/C16H26N2O2/c1-16(2,3)14(17)15(19)18-10-7-11-20-12-13-8-5-4-6-9-13/h4-6,8-9,14H,7,10-12,17H2,1-3H3,(H,18,19)/t14-/m1/s1. The van der Waals surface area contributed by atoms with E-state index in [9.17, 15) is 4.79 Å². The Bertz CT molecular complexity index is 399. The monoisotopic (exact) mass is 278 g/mol. The molecule has 0 saturated carbocycles. The topological polar surface area (TPSA) is 64.4 Å². The average Bonchev–Trinajstić information content (AvgIpc) is 2.41. The zero-order valence-corrected chi connectivity index (χ0v) is 12.7. The first-order valence-electron chi connectivity index (χ1n) is 7.06. The lowest BCUT2D eigenvalue weighted by atomic mass is 9.87. The van der Waals surface area contributed by atoms with Gasteiger partial charge in [0.25, 0.3) is 0 Å². The summed E-state index contributed by atoms with van der Waals surface area (Å²) in [6.07, 6.45) is 0.787. The number of nitrogens with one attached hydrogen (secondary N) is 1. The molecule has 1 rings (SSSR count). The molecule has 0 saturated heterocycles. The zero-order chi connectivity index (χ0) is 15.0. The van der Waals surface area contributed by atoms with Gasteiger partial charge in [-0.2, -0.15) is 0 Å². The largest absolute Gasteiger partial charge is 0.377 e. The molecular weight excluding hydrogens is 252 g/mol. The highest BCUT2D eigenvalue weighted by atomic mass is 16.5. The minimum atomic E-state index is -0.479. The van der Waals surface area contributed by atoms with E-state index < -0.39 is 6.04 Å². The van der Waals surface area contributed by atoms with Crippen molar-refractivity contribution < 1.29 is 9.53 Å². The smallest absolute Gasteiger partial charge is 0.237 e. The Morgan fingerprint density at radius 3 is 2.55 bits per heavy atom. The van der Waals surface area contributed by atoms with Crippen molar-refractivity contribution in [2.75, 3.05) is 13.2 Å². The van der Waals surface area contributed by atoms with Gasteiger partial charge in [0, 0.05) is 13.2 Å². The highest BCUT2D eigenvalue weighted by Crippen LogP contribution is 2.16. The van der Waals surface area contributed by atoms with Gasteiger partial charge in [-0.05, 0) is 17.4 Å². The van der Waals surface area contributed by atoms with Crippen molar-refractivity contribution in [3.8, 4) is 0 Å². The van der Waals surface area contributed by atoms with Crippen molar-refractivity contribution in [2.45, 2.75) is 39.8 Å². The lowest BCUT2D eigenvalue weighted by Crippen LogP contribution is -2.48. The van der Waals surface area contributed by atoms with Gasteiger partial charge in [-0.15, -0.1) is 0 Å². The lowest BCUT2D eigenvalue weighted by molar-refractivity contribution is -0.124. The van der Waals surface area contributed by atoms with Gasteiger partial charge in [-0.3, -0.25) is 4.79 Å². The van der Waals surface area contributed by atoms with Crippen LogP contribution in [0.25, 0.3) is 0 Å². The number of hydrogen-bond donors (Lipinski definition) is 2. The average molecular weight is 278 g/mol. The Morgan fingerprint density at radius 1 is 1.30 bits per heavy atom. The molecular formula is C16H26N2O2. The molecule has 1 aromatic carbocycles. The highest BCUT2D eigenvalue weighted by Gasteiger charge is 2.26. The second-order valence-electron chi connectivity index (χ2n) is 6.03. The first kappa shape index (κ1) is 16.7. The summed E-state index contributed by atoms with van der Waals surface area (Å²) in [5, 5.41) is 2.84. The van der Waals surface area contributed by atoms with Gasteiger partial charge >= 0.3 is 0 Å². The van der Waals surface area contributed by atoms with Gasteiger partial charge in [0.2, 0.25) is 5.91 Å². The number of carbonyl (C=O) groups excluding carboxylic acids is 1. The van der Waals surface area contributed by atoms with Crippen LogP contribution in [0, 0.1) is 5.41 Å². The Morgan fingerprint density at radius 2 is 1.95 bits per heavy atom. The third kappa shape index (κ3) is 6.17. The molecule has 0 aliphatic heterocycles. The fourth-order valence-electron chi connectivity index (χ4n) is 1.65. The van der Waals surface area contributed by atoms with E-state index in [-0.39, 0.29) is 11.3 Å². The van der Waals surface area contributed by atoms with Crippen molar-refractivity contribution in [3.63, 3.8) is 0 Å². The minimum Gasteiger partial charge on any atom is -0.377 e. The quantitative estimate of drug-likeness (QED) is 0.751. The molecule has 3 N–H and O–H groups in total. The second-order valence-corrected chi connectivity index (χ2v) is 6.03. The maximum Gasteiger partial charge on any atom is 0.237 e. The molecule has 20 heavy (non-hydrogen) atoms. The van der Waals surface area contributed by atoms with Gasteiger partial charge in [0.05, 0.1) is 12.6 Å². The van der Waals surface area contributed by atoms with E-state index in [0.29, 0.717) is 19.8 Å². The third-order valence-electron chi connectivity index (χ3n) is 3.09. The predicted molar refractivity (Wildman–Crippen MR) is 81.2 cm³/mol. The molecule has 0 aliphatic rings. The Kier molecular flexibility index (Phi) is 6.68. The summed E-state index contributed by atoms with van der Waals surface area (Å²) in [5.41, 5.74) is 6.81. The molecule has 4 heteroatoms. The van der Waals surface area contributed by atoms with Crippen LogP contribution in [0.5, 0.6) is 0 Å². The number of hydrogen-bond acceptors (Lipinski definition) is 3. The fraction of sp³-hybridized carbons (Fsp3) is 0.562. The van der Waals surface area contributed by atoms with E-state index in [1.807, 2.05) is 51.1 Å². The molecule has 1 aromatic rings. The second kappa shape index (κ2) is 8.02. The van der Waals surface area contributed by atoms with Crippen LogP contribution in [0.2, 0.25) is 0 Å². The Hall–Kier alpha value is -1.39. The number of ether oxygens (including phenoxy) is 1. The number of amides is 1. The van der Waals surface area contributed by atoms with Crippen LogP contribution in [0.1, 0.15) is 32.8 Å². The van der Waals surface area contributed by atoms with E-state index in [2.05, 4.69) is 5.32 Å². The van der Waals surface area contributed by atoms with E-state index >= 15 is 0 Å². The number of rotatable bonds is 7. The zero-order valence-electron chi connectivity index (χ0n) is 12.7. The van der Waals surface area contributed by atoms with Crippen LogP contribution in [0.15, 0.2) is 30.3 Å². The number of benzene rings is 1. The molecule has 0 aromatic heterocycles. The van der Waals surface area contributed by atoms with Crippen molar-refractivity contribution in [3.05, 3.63) is 35.9 Å². The predicted octanol–water partition coefficient (Wildman–Crippen LogP) is 2.08. The van der Waals surface area contributed by atoms with Gasteiger partial charge < -0.3 is 15.8 Å². The van der Waals surface area contributed by atoms with Crippen LogP contribution < -0.4 is 11.1 Å². The van der Waals surface area contributed by atoms with E-state index in [1.54, 1.807) is 0 Å². The van der Waals surface area contributed by atoms with Gasteiger partial charge in [0.15, 0.2) is 0 Å². The van der Waals surface area contributed by atoms with E-state index in [4.69, 9.17) is 10.5 Å². The SMILES string of the molecule is CC(C)(C)[C@H](N)C(=O)NCCCOCc1ccccc1. The Balaban J connectivity index is 2.09. The molecule has 0 fully saturated rings. The third-order valence-corrected chi connectivity index (χ3v) is 3.09. The summed E-state index contributed by atoms with van der Waals surface area (Å²) in [7, 11) is 0. The van der Waals surface area contributed by atoms with Crippen LogP contribution in [0.3, 0.4) is 0 Å². The van der Waals surface area contributed by atoms with E-state index in [0.717, 1.165) is 12.0 Å². The minimum absolute atomic E-state index is 0.0967. The molecule has 0 heterocycles. The molecule has 1 atom stereocenters. The van der Waals surface area contributed by atoms with Crippen molar-refractivity contribution in [1.29, 1.82) is 0 Å². The Labute approximate surface area is 121 Å². The van der Waals surface area contributed by atoms with Crippen LogP contribution in [0.4, 0.5) is 0 Å². The molecule has 1 amide bonds. The lowest BCUT2D eigenvalue weighted by Gasteiger charge is -2.25. The van der Waals surface area contributed by atoms with Crippen LogP contribution >= 0.6 is 0 Å². The van der Waals surface area contributed by atoms with Gasteiger partial charge in [-0.25, -0.2) is 0 Å². The van der Waals surface area contributed by atoms with Gasteiger partial charge in [-0.1, -0.05) is 51.1 Å².